The van der Waals surface area contributed by atoms with Crippen LogP contribution in [-0.4, -0.2) is 24.3 Å². The largest absolute Gasteiger partial charge is 0.396 e. The second kappa shape index (κ2) is 7.29. The van der Waals surface area contributed by atoms with E-state index in [1.807, 2.05) is 0 Å². The van der Waals surface area contributed by atoms with E-state index in [2.05, 4.69) is 19.2 Å². The van der Waals surface area contributed by atoms with Gasteiger partial charge < -0.3 is 10.4 Å². The Hall–Kier alpha value is -0.0800. The zero-order valence-corrected chi connectivity index (χ0v) is 11.1. The molecule has 0 aromatic rings. The van der Waals surface area contributed by atoms with E-state index in [9.17, 15) is 0 Å². The number of nitrogens with one attached hydrogen (secondary N) is 1. The minimum atomic E-state index is 0.350. The normalized spacial score (nSPS) is 24.6. The van der Waals surface area contributed by atoms with Gasteiger partial charge in [0.15, 0.2) is 0 Å². The summed E-state index contributed by atoms with van der Waals surface area (Å²) < 4.78 is 0. The van der Waals surface area contributed by atoms with E-state index in [0.717, 1.165) is 19.0 Å². The number of aliphatic hydroxyl groups excluding tert-OH is 1. The first-order valence-electron chi connectivity index (χ1n) is 7.01. The Morgan fingerprint density at radius 2 is 1.88 bits per heavy atom. The molecule has 1 rings (SSSR count). The van der Waals surface area contributed by atoms with Crippen LogP contribution < -0.4 is 5.32 Å². The van der Waals surface area contributed by atoms with Crippen molar-refractivity contribution in [1.29, 1.82) is 0 Å². The van der Waals surface area contributed by atoms with Crippen molar-refractivity contribution in [3.05, 3.63) is 0 Å². The molecule has 1 aliphatic rings. The van der Waals surface area contributed by atoms with E-state index >= 15 is 0 Å². The Kier molecular flexibility index (Phi) is 6.37. The molecular formula is C14H29NO. The third-order valence-electron chi connectivity index (χ3n) is 3.98. The van der Waals surface area contributed by atoms with Crippen LogP contribution in [-0.2, 0) is 0 Å². The molecule has 0 amide bonds. The summed E-state index contributed by atoms with van der Waals surface area (Å²) in [5, 5.41) is 12.4. The summed E-state index contributed by atoms with van der Waals surface area (Å²) in [5.74, 6) is 0. The summed E-state index contributed by atoms with van der Waals surface area (Å²) in [4.78, 5) is 0. The van der Waals surface area contributed by atoms with Gasteiger partial charge in [-0.2, -0.15) is 0 Å². The van der Waals surface area contributed by atoms with Crippen LogP contribution in [0.15, 0.2) is 0 Å². The van der Waals surface area contributed by atoms with Gasteiger partial charge in [-0.25, -0.2) is 0 Å². The number of rotatable bonds is 7. The SMILES string of the molecule is CC1(C)CCCCC1NCCCCCCO. The van der Waals surface area contributed by atoms with Crippen LogP contribution in [0.4, 0.5) is 0 Å². The van der Waals surface area contributed by atoms with E-state index in [1.165, 1.54) is 44.9 Å². The highest BCUT2D eigenvalue weighted by Gasteiger charge is 2.31. The maximum atomic E-state index is 8.68. The summed E-state index contributed by atoms with van der Waals surface area (Å²) in [6.07, 6.45) is 10.2. The molecule has 0 spiro atoms. The molecule has 2 heteroatoms. The quantitative estimate of drug-likeness (QED) is 0.655. The van der Waals surface area contributed by atoms with E-state index in [0.29, 0.717) is 12.0 Å². The topological polar surface area (TPSA) is 32.3 Å². The number of unbranched alkanes of at least 4 members (excludes halogenated alkanes) is 3. The second-order valence-corrected chi connectivity index (χ2v) is 5.88. The minimum Gasteiger partial charge on any atom is -0.396 e. The van der Waals surface area contributed by atoms with Crippen LogP contribution in [0.5, 0.6) is 0 Å². The molecule has 2 nitrogen and oxygen atoms in total. The van der Waals surface area contributed by atoms with Crippen LogP contribution in [0.25, 0.3) is 0 Å². The van der Waals surface area contributed by atoms with Crippen molar-refractivity contribution in [1.82, 2.24) is 5.32 Å². The Labute approximate surface area is 101 Å². The van der Waals surface area contributed by atoms with Crippen molar-refractivity contribution in [2.24, 2.45) is 5.41 Å². The zero-order valence-electron chi connectivity index (χ0n) is 11.1. The van der Waals surface area contributed by atoms with Gasteiger partial charge in [-0.1, -0.05) is 39.5 Å². The highest BCUT2D eigenvalue weighted by Crippen LogP contribution is 2.35. The van der Waals surface area contributed by atoms with E-state index < -0.39 is 0 Å². The Bertz CT molecular complexity index is 180. The lowest BCUT2D eigenvalue weighted by Gasteiger charge is -2.39. The molecule has 1 unspecified atom stereocenters. The second-order valence-electron chi connectivity index (χ2n) is 5.88. The van der Waals surface area contributed by atoms with E-state index in [1.54, 1.807) is 0 Å². The molecule has 0 heterocycles. The molecule has 1 fully saturated rings. The van der Waals surface area contributed by atoms with Gasteiger partial charge in [-0.3, -0.25) is 0 Å². The van der Waals surface area contributed by atoms with Gasteiger partial charge in [-0.15, -0.1) is 0 Å². The summed E-state index contributed by atoms with van der Waals surface area (Å²) in [7, 11) is 0. The van der Waals surface area contributed by atoms with Gasteiger partial charge in [0.1, 0.15) is 0 Å². The third kappa shape index (κ3) is 4.84. The first kappa shape index (κ1) is 14.0. The molecule has 0 aromatic heterocycles. The molecule has 0 aromatic carbocycles. The third-order valence-corrected chi connectivity index (χ3v) is 3.98. The summed E-state index contributed by atoms with van der Waals surface area (Å²) in [6.45, 7) is 6.30. The summed E-state index contributed by atoms with van der Waals surface area (Å²) in [6, 6.07) is 0.721. The number of aliphatic hydroxyl groups is 1. The van der Waals surface area contributed by atoms with Crippen LogP contribution in [0.1, 0.15) is 65.2 Å². The maximum absolute atomic E-state index is 8.68. The molecule has 0 saturated heterocycles. The fourth-order valence-electron chi connectivity index (χ4n) is 2.74. The summed E-state index contributed by atoms with van der Waals surface area (Å²) in [5.41, 5.74) is 0.489. The van der Waals surface area contributed by atoms with Crippen molar-refractivity contribution < 1.29 is 5.11 Å². The molecule has 0 aliphatic heterocycles. The summed E-state index contributed by atoms with van der Waals surface area (Å²) >= 11 is 0. The predicted octanol–water partition coefficient (Wildman–Crippen LogP) is 3.10. The average molecular weight is 227 g/mol. The van der Waals surface area contributed by atoms with Crippen molar-refractivity contribution >= 4 is 0 Å². The molecule has 1 atom stereocenters. The Morgan fingerprint density at radius 3 is 2.56 bits per heavy atom. The molecular weight excluding hydrogens is 198 g/mol. The van der Waals surface area contributed by atoms with Gasteiger partial charge in [0, 0.05) is 12.6 Å². The minimum absolute atomic E-state index is 0.350. The lowest BCUT2D eigenvalue weighted by molar-refractivity contribution is 0.167. The molecule has 0 radical (unpaired) electrons. The fourth-order valence-corrected chi connectivity index (χ4v) is 2.74. The Balaban J connectivity index is 2.07. The van der Waals surface area contributed by atoms with Crippen LogP contribution in [0, 0.1) is 5.41 Å². The number of hydrogen-bond acceptors (Lipinski definition) is 2. The molecule has 1 aliphatic carbocycles. The lowest BCUT2D eigenvalue weighted by atomic mass is 9.73. The van der Waals surface area contributed by atoms with Crippen molar-refractivity contribution in [2.45, 2.75) is 71.3 Å². The van der Waals surface area contributed by atoms with Crippen molar-refractivity contribution in [3.63, 3.8) is 0 Å². The van der Waals surface area contributed by atoms with Gasteiger partial charge in [0.2, 0.25) is 0 Å². The average Bonchev–Trinajstić information content (AvgIpc) is 2.25. The van der Waals surface area contributed by atoms with Crippen LogP contribution in [0.3, 0.4) is 0 Å². The van der Waals surface area contributed by atoms with Gasteiger partial charge in [0.05, 0.1) is 0 Å². The van der Waals surface area contributed by atoms with E-state index in [-0.39, 0.29) is 0 Å². The molecule has 1 saturated carbocycles. The van der Waals surface area contributed by atoms with Gasteiger partial charge in [-0.05, 0) is 37.6 Å². The Morgan fingerprint density at radius 1 is 1.12 bits per heavy atom. The first-order chi connectivity index (χ1) is 7.67. The van der Waals surface area contributed by atoms with E-state index in [4.69, 9.17) is 5.11 Å². The maximum Gasteiger partial charge on any atom is 0.0431 e. The zero-order chi connectivity index (χ0) is 11.9. The van der Waals surface area contributed by atoms with Crippen LogP contribution in [0.2, 0.25) is 0 Å². The number of hydrogen-bond donors (Lipinski definition) is 2. The molecule has 2 N–H and O–H groups in total. The first-order valence-corrected chi connectivity index (χ1v) is 7.01. The van der Waals surface area contributed by atoms with Gasteiger partial charge >= 0.3 is 0 Å². The smallest absolute Gasteiger partial charge is 0.0431 e. The predicted molar refractivity (Wildman–Crippen MR) is 69.6 cm³/mol. The lowest BCUT2D eigenvalue weighted by Crippen LogP contribution is -2.44. The molecule has 96 valence electrons. The van der Waals surface area contributed by atoms with Gasteiger partial charge in [0.25, 0.3) is 0 Å². The molecule has 16 heavy (non-hydrogen) atoms. The highest BCUT2D eigenvalue weighted by atomic mass is 16.2. The molecule has 0 bridgehead atoms. The van der Waals surface area contributed by atoms with Crippen LogP contribution >= 0.6 is 0 Å². The fraction of sp³-hybridized carbons (Fsp3) is 1.00. The van der Waals surface area contributed by atoms with Crippen molar-refractivity contribution in [3.8, 4) is 0 Å². The standard InChI is InChI=1S/C14H29NO/c1-14(2)10-6-5-9-13(14)15-11-7-3-4-8-12-16/h13,15-16H,3-12H2,1-2H3. The monoisotopic (exact) mass is 227 g/mol. The van der Waals surface area contributed by atoms with Crippen molar-refractivity contribution in [2.75, 3.05) is 13.2 Å². The highest BCUT2D eigenvalue weighted by molar-refractivity contribution is 4.87.